The van der Waals surface area contributed by atoms with Crippen LogP contribution in [0.3, 0.4) is 0 Å². The molecule has 2 aliphatic rings. The van der Waals surface area contributed by atoms with Crippen molar-refractivity contribution in [1.29, 1.82) is 0 Å². The van der Waals surface area contributed by atoms with Crippen LogP contribution in [-0.4, -0.2) is 70.8 Å². The van der Waals surface area contributed by atoms with Gasteiger partial charge in [-0.15, -0.1) is 0 Å². The molecule has 2 aliphatic heterocycles. The van der Waals surface area contributed by atoms with Crippen LogP contribution in [0.5, 0.6) is 0 Å². The SMILES string of the molecule is Cc1cc(F)cc(-c2cnc(N3CC(NC(=O)CCCO)C3)c(-c3nc4ccc(C)cc4[nH]3)c2N2CCC(N)CC2)c1. The summed E-state index contributed by atoms with van der Waals surface area (Å²) in [6.45, 7) is 6.68. The molecule has 4 heterocycles. The highest BCUT2D eigenvalue weighted by Crippen LogP contribution is 2.45. The molecule has 0 radical (unpaired) electrons. The zero-order chi connectivity index (χ0) is 29.4. The van der Waals surface area contributed by atoms with Crippen molar-refractivity contribution in [2.75, 3.05) is 42.6 Å². The lowest BCUT2D eigenvalue weighted by molar-refractivity contribution is -0.122. The van der Waals surface area contributed by atoms with Crippen molar-refractivity contribution in [1.82, 2.24) is 20.3 Å². The first-order valence-electron chi connectivity index (χ1n) is 14.7. The maximum Gasteiger partial charge on any atom is 0.220 e. The van der Waals surface area contributed by atoms with E-state index in [1.807, 2.05) is 31.3 Å². The molecule has 10 heteroatoms. The summed E-state index contributed by atoms with van der Waals surface area (Å²) < 4.78 is 14.7. The topological polar surface area (TPSA) is 123 Å². The third-order valence-corrected chi connectivity index (χ3v) is 8.22. The predicted molar refractivity (Wildman–Crippen MR) is 164 cm³/mol. The molecule has 1 amide bonds. The van der Waals surface area contributed by atoms with Crippen molar-refractivity contribution in [2.24, 2.45) is 5.73 Å². The van der Waals surface area contributed by atoms with Gasteiger partial charge in [0.25, 0.3) is 0 Å². The fourth-order valence-corrected chi connectivity index (χ4v) is 6.03. The fourth-order valence-electron chi connectivity index (χ4n) is 6.03. The lowest BCUT2D eigenvalue weighted by Gasteiger charge is -2.42. The van der Waals surface area contributed by atoms with Gasteiger partial charge in [-0.2, -0.15) is 0 Å². The van der Waals surface area contributed by atoms with E-state index in [0.717, 1.165) is 76.3 Å². The van der Waals surface area contributed by atoms with Crippen LogP contribution in [0.25, 0.3) is 33.5 Å². The lowest BCUT2D eigenvalue weighted by atomic mass is 9.96. The maximum absolute atomic E-state index is 14.7. The first kappa shape index (κ1) is 28.1. The van der Waals surface area contributed by atoms with Gasteiger partial charge in [-0.1, -0.05) is 12.1 Å². The van der Waals surface area contributed by atoms with Crippen LogP contribution in [-0.2, 0) is 4.79 Å². The number of amides is 1. The highest BCUT2D eigenvalue weighted by Gasteiger charge is 2.35. The molecule has 6 rings (SSSR count). The zero-order valence-electron chi connectivity index (χ0n) is 24.2. The van der Waals surface area contributed by atoms with E-state index in [1.165, 1.54) is 6.07 Å². The third kappa shape index (κ3) is 5.69. The molecule has 0 bridgehead atoms. The van der Waals surface area contributed by atoms with E-state index < -0.39 is 0 Å². The lowest BCUT2D eigenvalue weighted by Crippen LogP contribution is -2.59. The van der Waals surface area contributed by atoms with Crippen LogP contribution in [0.1, 0.15) is 36.8 Å². The Kier molecular flexibility index (Phi) is 7.83. The number of nitrogens with one attached hydrogen (secondary N) is 2. The average Bonchev–Trinajstić information content (AvgIpc) is 3.35. The molecule has 0 spiro atoms. The Morgan fingerprint density at radius 2 is 1.90 bits per heavy atom. The Hall–Kier alpha value is -4.02. The summed E-state index contributed by atoms with van der Waals surface area (Å²) in [5, 5.41) is 12.1. The number of rotatable bonds is 8. The predicted octanol–water partition coefficient (Wildman–Crippen LogP) is 4.05. The van der Waals surface area contributed by atoms with E-state index in [1.54, 1.807) is 6.07 Å². The minimum absolute atomic E-state index is 0.00408. The molecule has 0 aliphatic carbocycles. The van der Waals surface area contributed by atoms with Gasteiger partial charge in [-0.25, -0.2) is 14.4 Å². The summed E-state index contributed by atoms with van der Waals surface area (Å²) in [6.07, 6.45) is 4.30. The number of nitrogens with zero attached hydrogens (tertiary/aromatic N) is 4. The molecular formula is C32H38FN7O2. The Morgan fingerprint density at radius 3 is 2.64 bits per heavy atom. The van der Waals surface area contributed by atoms with Crippen LogP contribution in [0, 0.1) is 19.7 Å². The van der Waals surface area contributed by atoms with E-state index in [2.05, 4.69) is 33.1 Å². The fraction of sp³-hybridized carbons (Fsp3) is 0.406. The van der Waals surface area contributed by atoms with Gasteiger partial charge in [0.2, 0.25) is 5.91 Å². The van der Waals surface area contributed by atoms with Gasteiger partial charge in [0.15, 0.2) is 0 Å². The monoisotopic (exact) mass is 571 g/mol. The quantitative estimate of drug-likeness (QED) is 0.252. The number of aromatic amines is 1. The number of H-pyrrole nitrogens is 1. The molecule has 42 heavy (non-hydrogen) atoms. The van der Waals surface area contributed by atoms with E-state index >= 15 is 0 Å². The van der Waals surface area contributed by atoms with Crippen LogP contribution in [0.4, 0.5) is 15.9 Å². The first-order chi connectivity index (χ1) is 20.3. The normalized spacial score (nSPS) is 16.2. The number of nitrogens with two attached hydrogens (primary N) is 1. The van der Waals surface area contributed by atoms with Crippen LogP contribution in [0.2, 0.25) is 0 Å². The highest BCUT2D eigenvalue weighted by molar-refractivity contribution is 5.96. The largest absolute Gasteiger partial charge is 0.396 e. The Morgan fingerprint density at radius 1 is 1.12 bits per heavy atom. The number of carbonyl (C=O) groups excluding carboxylic acids is 1. The van der Waals surface area contributed by atoms with E-state index in [9.17, 15) is 9.18 Å². The van der Waals surface area contributed by atoms with Gasteiger partial charge in [0.1, 0.15) is 17.5 Å². The van der Waals surface area contributed by atoms with Crippen LogP contribution >= 0.6 is 0 Å². The average molecular weight is 572 g/mol. The number of halogens is 1. The van der Waals surface area contributed by atoms with E-state index in [-0.39, 0.29) is 30.4 Å². The summed E-state index contributed by atoms with van der Waals surface area (Å²) in [5.41, 5.74) is 13.5. The third-order valence-electron chi connectivity index (χ3n) is 8.22. The number of pyridine rings is 1. The van der Waals surface area contributed by atoms with Crippen molar-refractivity contribution in [3.63, 3.8) is 0 Å². The smallest absolute Gasteiger partial charge is 0.220 e. The number of fused-ring (bicyclic) bond motifs is 1. The van der Waals surface area contributed by atoms with Gasteiger partial charge in [0, 0.05) is 57.0 Å². The van der Waals surface area contributed by atoms with Crippen molar-refractivity contribution in [2.45, 2.75) is 51.6 Å². The minimum Gasteiger partial charge on any atom is -0.396 e. The van der Waals surface area contributed by atoms with Gasteiger partial charge >= 0.3 is 0 Å². The molecule has 2 aromatic carbocycles. The summed E-state index contributed by atoms with van der Waals surface area (Å²) in [6, 6.07) is 11.4. The molecule has 2 aromatic heterocycles. The van der Waals surface area contributed by atoms with E-state index in [0.29, 0.717) is 31.8 Å². The van der Waals surface area contributed by atoms with Crippen molar-refractivity contribution < 1.29 is 14.3 Å². The number of hydrogen-bond acceptors (Lipinski definition) is 7. The number of aliphatic hydroxyl groups is 1. The second-order valence-electron chi connectivity index (χ2n) is 11.7. The number of piperidine rings is 1. The summed E-state index contributed by atoms with van der Waals surface area (Å²) in [7, 11) is 0. The summed E-state index contributed by atoms with van der Waals surface area (Å²) >= 11 is 0. The number of aryl methyl sites for hydroxylation is 2. The van der Waals surface area contributed by atoms with Crippen molar-refractivity contribution in [3.05, 3.63) is 59.5 Å². The summed E-state index contributed by atoms with van der Waals surface area (Å²) in [4.78, 5) is 30.3. The number of aliphatic hydroxyl groups excluding tert-OH is 1. The van der Waals surface area contributed by atoms with Gasteiger partial charge in [-0.3, -0.25) is 4.79 Å². The molecule has 2 fully saturated rings. The molecule has 220 valence electrons. The zero-order valence-corrected chi connectivity index (χ0v) is 24.2. The molecule has 0 atom stereocenters. The molecule has 2 saturated heterocycles. The molecular weight excluding hydrogens is 533 g/mol. The Bertz CT molecular complexity index is 1590. The number of aromatic nitrogens is 3. The van der Waals surface area contributed by atoms with Crippen molar-refractivity contribution in [3.8, 4) is 22.5 Å². The van der Waals surface area contributed by atoms with E-state index in [4.69, 9.17) is 20.8 Å². The highest BCUT2D eigenvalue weighted by atomic mass is 19.1. The van der Waals surface area contributed by atoms with Gasteiger partial charge in [-0.05, 0) is 74.1 Å². The van der Waals surface area contributed by atoms with Crippen LogP contribution < -0.4 is 20.9 Å². The van der Waals surface area contributed by atoms with Crippen molar-refractivity contribution >= 4 is 28.4 Å². The number of imidazole rings is 1. The standard InChI is InChI=1S/C32H38FN7O2/c1-19-5-6-26-27(14-19)38-31(37-26)29-30(39-9-7-23(34)8-10-39)25(21-12-20(2)13-22(33)15-21)16-35-32(29)40-17-24(18-40)36-28(42)4-3-11-41/h5-6,12-16,23-24,41H,3-4,7-11,17-18,34H2,1-2H3,(H,36,42)(H,37,38). The molecule has 0 saturated carbocycles. The van der Waals surface area contributed by atoms with Crippen LogP contribution in [0.15, 0.2) is 42.6 Å². The minimum atomic E-state index is -0.288. The van der Waals surface area contributed by atoms with Gasteiger partial charge < -0.3 is 30.9 Å². The number of hydrogen-bond donors (Lipinski definition) is 4. The molecule has 0 unspecified atom stereocenters. The summed E-state index contributed by atoms with van der Waals surface area (Å²) in [5.74, 6) is 1.13. The van der Waals surface area contributed by atoms with Gasteiger partial charge in [0.05, 0.1) is 28.3 Å². The molecule has 5 N–H and O–H groups in total. The second-order valence-corrected chi connectivity index (χ2v) is 11.7. The number of carbonyl (C=O) groups is 1. The first-order valence-corrected chi connectivity index (χ1v) is 14.7. The Labute approximate surface area is 245 Å². The molecule has 9 nitrogen and oxygen atoms in total. The molecule has 4 aromatic rings. The second kappa shape index (κ2) is 11.7. The maximum atomic E-state index is 14.7. The number of anilines is 2. The number of benzene rings is 2. The Balaban J connectivity index is 1.48.